The summed E-state index contributed by atoms with van der Waals surface area (Å²) in [5.74, 6) is -0.155. The van der Waals surface area contributed by atoms with Crippen LogP contribution in [0.3, 0.4) is 0 Å². The number of aryl methyl sites for hydroxylation is 2. The predicted octanol–water partition coefficient (Wildman–Crippen LogP) is 4.85. The van der Waals surface area contributed by atoms with Crippen LogP contribution in [0.25, 0.3) is 6.08 Å². The zero-order valence-electron chi connectivity index (χ0n) is 12.8. The van der Waals surface area contributed by atoms with E-state index in [1.54, 1.807) is 12.1 Å². The monoisotopic (exact) mass is 342 g/mol. The van der Waals surface area contributed by atoms with E-state index in [1.807, 2.05) is 44.2 Å². The Bertz CT molecular complexity index is 822. The lowest BCUT2D eigenvalue weighted by Gasteiger charge is -2.00. The third-order valence-electron chi connectivity index (χ3n) is 3.28. The SMILES string of the molecule is Cc1cc(C)cc(N=C2NC(=O)/C(=C/c3ccccc3Cl)S2)c1. The molecule has 0 unspecified atom stereocenters. The van der Waals surface area contributed by atoms with Crippen LogP contribution in [0.2, 0.25) is 5.02 Å². The van der Waals surface area contributed by atoms with E-state index in [1.165, 1.54) is 11.8 Å². The minimum absolute atomic E-state index is 0.155. The van der Waals surface area contributed by atoms with Crippen LogP contribution in [0, 0.1) is 13.8 Å². The number of hydrogen-bond donors (Lipinski definition) is 1. The average molecular weight is 343 g/mol. The quantitative estimate of drug-likeness (QED) is 0.793. The van der Waals surface area contributed by atoms with Crippen molar-refractivity contribution >= 4 is 46.2 Å². The molecule has 0 atom stereocenters. The summed E-state index contributed by atoms with van der Waals surface area (Å²) in [7, 11) is 0. The summed E-state index contributed by atoms with van der Waals surface area (Å²) in [5.41, 5.74) is 3.94. The standard InChI is InChI=1S/C18H15ClN2OS/c1-11-7-12(2)9-14(8-11)20-18-21-17(22)16(23-18)10-13-5-3-4-6-15(13)19/h3-10H,1-2H3,(H,20,21,22)/b16-10-. The summed E-state index contributed by atoms with van der Waals surface area (Å²) in [6.45, 7) is 4.06. The van der Waals surface area contributed by atoms with Gasteiger partial charge in [0.05, 0.1) is 10.6 Å². The minimum Gasteiger partial charge on any atom is -0.300 e. The number of carbonyl (C=O) groups excluding carboxylic acids is 1. The molecule has 3 rings (SSSR count). The molecule has 5 heteroatoms. The van der Waals surface area contributed by atoms with Gasteiger partial charge in [0.15, 0.2) is 5.17 Å². The normalized spacial score (nSPS) is 17.8. The first kappa shape index (κ1) is 15.8. The number of carbonyl (C=O) groups is 1. The van der Waals surface area contributed by atoms with E-state index in [9.17, 15) is 4.79 Å². The maximum atomic E-state index is 12.1. The fraction of sp³-hybridized carbons (Fsp3) is 0.111. The molecule has 1 aliphatic rings. The Hall–Kier alpha value is -2.04. The van der Waals surface area contributed by atoms with Crippen molar-refractivity contribution in [2.24, 2.45) is 4.99 Å². The summed E-state index contributed by atoms with van der Waals surface area (Å²) in [6.07, 6.45) is 1.78. The highest BCUT2D eigenvalue weighted by molar-refractivity contribution is 8.18. The highest BCUT2D eigenvalue weighted by Gasteiger charge is 2.24. The number of nitrogens with one attached hydrogen (secondary N) is 1. The predicted molar refractivity (Wildman–Crippen MR) is 98.2 cm³/mol. The van der Waals surface area contributed by atoms with Gasteiger partial charge in [-0.05, 0) is 66.6 Å². The molecule has 1 N–H and O–H groups in total. The fourth-order valence-electron chi connectivity index (χ4n) is 2.35. The van der Waals surface area contributed by atoms with Crippen molar-refractivity contribution in [3.8, 4) is 0 Å². The lowest BCUT2D eigenvalue weighted by atomic mass is 10.1. The Morgan fingerprint density at radius 1 is 1.13 bits per heavy atom. The Labute approximate surface area is 144 Å². The highest BCUT2D eigenvalue weighted by Crippen LogP contribution is 2.30. The number of hydrogen-bond acceptors (Lipinski definition) is 3. The topological polar surface area (TPSA) is 41.5 Å². The van der Waals surface area contributed by atoms with Gasteiger partial charge in [-0.2, -0.15) is 0 Å². The summed E-state index contributed by atoms with van der Waals surface area (Å²) in [4.78, 5) is 17.2. The van der Waals surface area contributed by atoms with Gasteiger partial charge in [-0.15, -0.1) is 0 Å². The van der Waals surface area contributed by atoms with Crippen LogP contribution >= 0.6 is 23.4 Å². The molecule has 2 aromatic carbocycles. The molecular weight excluding hydrogens is 328 g/mol. The van der Waals surface area contributed by atoms with Crippen LogP contribution < -0.4 is 5.32 Å². The van der Waals surface area contributed by atoms with Crippen LogP contribution in [0.5, 0.6) is 0 Å². The number of amidine groups is 1. The maximum absolute atomic E-state index is 12.1. The van der Waals surface area contributed by atoms with Crippen LogP contribution in [0.4, 0.5) is 5.69 Å². The van der Waals surface area contributed by atoms with E-state index in [0.29, 0.717) is 15.1 Å². The number of benzene rings is 2. The molecule has 1 saturated heterocycles. The van der Waals surface area contributed by atoms with Crippen LogP contribution in [0.15, 0.2) is 52.4 Å². The zero-order chi connectivity index (χ0) is 16.4. The van der Waals surface area contributed by atoms with Gasteiger partial charge in [0.25, 0.3) is 5.91 Å². The molecule has 0 bridgehead atoms. The number of aliphatic imine (C=N–C) groups is 1. The number of rotatable bonds is 2. The first-order valence-corrected chi connectivity index (χ1v) is 8.33. The molecule has 116 valence electrons. The minimum atomic E-state index is -0.155. The summed E-state index contributed by atoms with van der Waals surface area (Å²) in [6, 6.07) is 13.5. The van der Waals surface area contributed by atoms with Crippen LogP contribution in [-0.4, -0.2) is 11.1 Å². The largest absolute Gasteiger partial charge is 0.300 e. The number of nitrogens with zero attached hydrogens (tertiary/aromatic N) is 1. The average Bonchev–Trinajstić information content (AvgIpc) is 2.80. The van der Waals surface area contributed by atoms with E-state index in [4.69, 9.17) is 11.6 Å². The van der Waals surface area contributed by atoms with Gasteiger partial charge in [0.2, 0.25) is 0 Å². The molecular formula is C18H15ClN2OS. The highest BCUT2D eigenvalue weighted by atomic mass is 35.5. The van der Waals surface area contributed by atoms with Crippen molar-refractivity contribution in [1.82, 2.24) is 5.32 Å². The first-order valence-electron chi connectivity index (χ1n) is 7.14. The second-order valence-corrected chi connectivity index (χ2v) is 6.79. The Morgan fingerprint density at radius 2 is 1.83 bits per heavy atom. The number of halogens is 1. The molecule has 1 aliphatic heterocycles. The molecule has 2 aromatic rings. The van der Waals surface area contributed by atoms with E-state index >= 15 is 0 Å². The van der Waals surface area contributed by atoms with Gasteiger partial charge in [-0.25, -0.2) is 4.99 Å². The van der Waals surface area contributed by atoms with Crippen LogP contribution in [0.1, 0.15) is 16.7 Å². The van der Waals surface area contributed by atoms with E-state index in [2.05, 4.69) is 16.4 Å². The maximum Gasteiger partial charge on any atom is 0.264 e. The molecule has 0 aromatic heterocycles. The second kappa shape index (κ2) is 6.60. The molecule has 23 heavy (non-hydrogen) atoms. The van der Waals surface area contributed by atoms with Crippen LogP contribution in [-0.2, 0) is 4.79 Å². The van der Waals surface area contributed by atoms with Gasteiger partial charge in [0, 0.05) is 5.02 Å². The smallest absolute Gasteiger partial charge is 0.264 e. The third-order valence-corrected chi connectivity index (χ3v) is 4.53. The molecule has 0 aliphatic carbocycles. The molecule has 3 nitrogen and oxygen atoms in total. The van der Waals surface area contributed by atoms with Gasteiger partial charge >= 0.3 is 0 Å². The van der Waals surface area contributed by atoms with E-state index in [-0.39, 0.29) is 5.91 Å². The van der Waals surface area contributed by atoms with Crippen molar-refractivity contribution < 1.29 is 4.79 Å². The van der Waals surface area contributed by atoms with Crippen molar-refractivity contribution in [3.05, 3.63) is 69.1 Å². The van der Waals surface area contributed by atoms with Crippen molar-refractivity contribution in [3.63, 3.8) is 0 Å². The first-order chi connectivity index (χ1) is 11.0. The van der Waals surface area contributed by atoms with Gasteiger partial charge in [-0.3, -0.25) is 4.79 Å². The summed E-state index contributed by atoms with van der Waals surface area (Å²) >= 11 is 7.46. The lowest BCUT2D eigenvalue weighted by Crippen LogP contribution is -2.19. The van der Waals surface area contributed by atoms with Crippen molar-refractivity contribution in [1.29, 1.82) is 0 Å². The Morgan fingerprint density at radius 3 is 2.52 bits per heavy atom. The van der Waals surface area contributed by atoms with Crippen molar-refractivity contribution in [2.75, 3.05) is 0 Å². The molecule has 0 radical (unpaired) electrons. The van der Waals surface area contributed by atoms with E-state index < -0.39 is 0 Å². The number of thioether (sulfide) groups is 1. The molecule has 0 saturated carbocycles. The lowest BCUT2D eigenvalue weighted by molar-refractivity contribution is -0.115. The molecule has 0 spiro atoms. The number of amides is 1. The molecule has 1 amide bonds. The Kier molecular flexibility index (Phi) is 4.55. The zero-order valence-corrected chi connectivity index (χ0v) is 14.3. The Balaban J connectivity index is 1.87. The van der Waals surface area contributed by atoms with Gasteiger partial charge in [0.1, 0.15) is 0 Å². The molecule has 1 heterocycles. The van der Waals surface area contributed by atoms with Crippen molar-refractivity contribution in [2.45, 2.75) is 13.8 Å². The fourth-order valence-corrected chi connectivity index (χ4v) is 3.37. The van der Waals surface area contributed by atoms with Gasteiger partial charge < -0.3 is 5.32 Å². The summed E-state index contributed by atoms with van der Waals surface area (Å²) in [5, 5.41) is 3.99. The molecule has 1 fully saturated rings. The summed E-state index contributed by atoms with van der Waals surface area (Å²) < 4.78 is 0. The van der Waals surface area contributed by atoms with E-state index in [0.717, 1.165) is 22.4 Å². The second-order valence-electron chi connectivity index (χ2n) is 5.35. The third kappa shape index (κ3) is 3.84. The van der Waals surface area contributed by atoms with Gasteiger partial charge in [-0.1, -0.05) is 35.9 Å².